The second-order valence-electron chi connectivity index (χ2n) is 23.2. The fraction of sp³-hybridized carbons (Fsp3) is 0.782. The lowest BCUT2D eigenvalue weighted by molar-refractivity contribution is -0.155. The molecule has 0 aliphatic rings. The van der Waals surface area contributed by atoms with Crippen molar-refractivity contribution in [3.63, 3.8) is 0 Å². The lowest BCUT2D eigenvalue weighted by Crippen LogP contribution is -2.64. The number of amides is 9. The number of carboxylic acids is 1. The van der Waals surface area contributed by atoms with E-state index >= 15 is 0 Å². The predicted molar refractivity (Wildman–Crippen MR) is 297 cm³/mol. The van der Waals surface area contributed by atoms with E-state index in [2.05, 4.69) is 21.3 Å². The number of allylic oxidation sites excluding steroid dienone is 2. The minimum Gasteiger partial charge on any atom is -0.480 e. The van der Waals surface area contributed by atoms with Crippen LogP contribution in [0.15, 0.2) is 12.2 Å². The summed E-state index contributed by atoms with van der Waals surface area (Å²) in [6.45, 7) is 25.1. The molecule has 0 aromatic heterocycles. The summed E-state index contributed by atoms with van der Waals surface area (Å²) >= 11 is 0. The molecule has 0 aliphatic carbocycles. The van der Waals surface area contributed by atoms with Crippen LogP contribution in [0, 0.1) is 35.5 Å². The van der Waals surface area contributed by atoms with Gasteiger partial charge >= 0.3 is 5.97 Å². The van der Waals surface area contributed by atoms with Gasteiger partial charge in [0.25, 0.3) is 0 Å². The summed E-state index contributed by atoms with van der Waals surface area (Å²) in [6, 6.07) is -11.2. The van der Waals surface area contributed by atoms with Gasteiger partial charge in [0.05, 0.1) is 18.2 Å². The molecule has 23 heteroatoms. The Hall–Kier alpha value is -5.68. The van der Waals surface area contributed by atoms with Crippen molar-refractivity contribution < 1.29 is 63.3 Å². The van der Waals surface area contributed by atoms with Crippen molar-refractivity contribution in [2.24, 2.45) is 41.2 Å². The molecule has 0 spiro atoms. The second-order valence-corrected chi connectivity index (χ2v) is 23.2. The van der Waals surface area contributed by atoms with E-state index in [4.69, 9.17) is 5.73 Å². The lowest BCUT2D eigenvalue weighted by Gasteiger charge is -2.40. The van der Waals surface area contributed by atoms with Crippen molar-refractivity contribution in [2.75, 3.05) is 41.8 Å². The third-order valence-corrected chi connectivity index (χ3v) is 13.6. The fourth-order valence-corrected chi connectivity index (χ4v) is 9.13. The highest BCUT2D eigenvalue weighted by Gasteiger charge is 2.44. The van der Waals surface area contributed by atoms with Gasteiger partial charge in [-0.3, -0.25) is 47.9 Å². The fourth-order valence-electron chi connectivity index (χ4n) is 9.13. The van der Waals surface area contributed by atoms with Crippen molar-refractivity contribution in [1.29, 1.82) is 0 Å². The maximum Gasteiger partial charge on any atom is 0.323 e. The zero-order valence-corrected chi connectivity index (χ0v) is 50.4. The predicted octanol–water partition coefficient (Wildman–Crippen LogP) is 1.33. The largest absolute Gasteiger partial charge is 0.480 e. The number of nitrogens with two attached hydrogens (primary N) is 1. The van der Waals surface area contributed by atoms with E-state index in [-0.39, 0.29) is 42.9 Å². The summed E-state index contributed by atoms with van der Waals surface area (Å²) in [7, 11) is 6.72. The second kappa shape index (κ2) is 33.7. The number of likely N-dealkylation sites (N-methyl/N-ethyl adjacent to an activating group) is 5. The number of hydrogen-bond donors (Lipinski definition) is 8. The summed E-state index contributed by atoms with van der Waals surface area (Å²) in [5, 5.41) is 42.2. The summed E-state index contributed by atoms with van der Waals surface area (Å²) in [5.74, 6) is -9.29. The number of nitrogens with zero attached hydrogens (tertiary/aromatic N) is 5. The Kier molecular flexibility index (Phi) is 31.2. The van der Waals surface area contributed by atoms with Gasteiger partial charge in [-0.05, 0) is 95.3 Å². The van der Waals surface area contributed by atoms with Crippen molar-refractivity contribution in [2.45, 2.75) is 203 Å². The molecule has 448 valence electrons. The lowest BCUT2D eigenvalue weighted by atomic mass is 9.91. The van der Waals surface area contributed by atoms with Crippen LogP contribution in [0.5, 0.6) is 0 Å². The molecule has 0 unspecified atom stereocenters. The Morgan fingerprint density at radius 3 is 1.38 bits per heavy atom. The zero-order chi connectivity index (χ0) is 61.0. The first-order valence-corrected chi connectivity index (χ1v) is 27.3. The van der Waals surface area contributed by atoms with Crippen LogP contribution in [0.2, 0.25) is 0 Å². The number of aliphatic hydroxyl groups is 2. The van der Waals surface area contributed by atoms with Crippen molar-refractivity contribution >= 4 is 59.1 Å². The Morgan fingerprint density at radius 2 is 0.949 bits per heavy atom. The summed E-state index contributed by atoms with van der Waals surface area (Å²) < 4.78 is 0. The minimum absolute atomic E-state index is 0.00278. The molecular formula is C55H100N10O13. The van der Waals surface area contributed by atoms with Crippen LogP contribution >= 0.6 is 0 Å². The molecule has 0 rings (SSSR count). The summed E-state index contributed by atoms with van der Waals surface area (Å²) in [6.07, 6.45) is 1.62. The van der Waals surface area contributed by atoms with E-state index in [1.807, 2.05) is 55.4 Å². The van der Waals surface area contributed by atoms with Gasteiger partial charge < -0.3 is 66.8 Å². The first-order chi connectivity index (χ1) is 35.8. The molecule has 0 saturated carbocycles. The highest BCUT2D eigenvalue weighted by Crippen LogP contribution is 2.23. The maximum atomic E-state index is 14.8. The van der Waals surface area contributed by atoms with E-state index in [0.717, 1.165) is 14.7 Å². The first-order valence-electron chi connectivity index (χ1n) is 27.3. The van der Waals surface area contributed by atoms with Crippen molar-refractivity contribution in [1.82, 2.24) is 45.8 Å². The van der Waals surface area contributed by atoms with Crippen molar-refractivity contribution in [3.8, 4) is 0 Å². The average molecular weight is 1110 g/mol. The number of nitrogens with one attached hydrogen (secondary N) is 4. The van der Waals surface area contributed by atoms with Crippen LogP contribution in [0.25, 0.3) is 0 Å². The molecule has 23 nitrogen and oxygen atoms in total. The minimum atomic E-state index is -1.70. The SMILES string of the molecule is CC=CC[C@@H](C)[C@@H](O)[C@@H](C(=O)N[C@H](C(=O)N(C)CC(=O)O)[C@@H](C)O)N(C)C(=O)[C@H](C(C)C)N(C)C(=O)[C@H](CC(C)C)NC(=O)[C@H](CC(C)C)N(C)C(=O)[C@@H](C)NC(=O)[C@H](C)NC(=O)[C@H](CC(C)C)N(C)C(=O)[C@@H](N)CC(C)C. The molecule has 0 aliphatic heterocycles. The number of carbonyl (C=O) groups is 10. The van der Waals surface area contributed by atoms with Gasteiger partial charge in [-0.1, -0.05) is 88.3 Å². The Bertz CT molecular complexity index is 2050. The van der Waals surface area contributed by atoms with Crippen LogP contribution in [-0.2, 0) is 47.9 Å². The van der Waals surface area contributed by atoms with Crippen molar-refractivity contribution in [3.05, 3.63) is 12.2 Å². The highest BCUT2D eigenvalue weighted by molar-refractivity contribution is 5.98. The normalized spacial score (nSPS) is 16.4. The van der Waals surface area contributed by atoms with E-state index in [9.17, 15) is 63.3 Å². The average Bonchev–Trinajstić information content (AvgIpc) is 3.32. The van der Waals surface area contributed by atoms with E-state index < -0.39 is 144 Å². The molecule has 0 bridgehead atoms. The van der Waals surface area contributed by atoms with Gasteiger partial charge in [0.1, 0.15) is 54.9 Å². The molecule has 9 amide bonds. The topological polar surface area (TPSA) is 322 Å². The third kappa shape index (κ3) is 22.6. The number of hydrogen-bond acceptors (Lipinski definition) is 13. The molecule has 0 saturated heterocycles. The smallest absolute Gasteiger partial charge is 0.323 e. The third-order valence-electron chi connectivity index (χ3n) is 13.6. The van der Waals surface area contributed by atoms with E-state index in [1.54, 1.807) is 39.8 Å². The van der Waals surface area contributed by atoms with Crippen LogP contribution in [-0.4, -0.2) is 207 Å². The Morgan fingerprint density at radius 1 is 0.500 bits per heavy atom. The molecule has 0 heterocycles. The number of carbonyl (C=O) groups excluding carboxylic acids is 9. The quantitative estimate of drug-likeness (QED) is 0.0430. The summed E-state index contributed by atoms with van der Waals surface area (Å²) in [4.78, 5) is 143. The number of aliphatic carboxylic acids is 1. The Balaban J connectivity index is 6.86. The van der Waals surface area contributed by atoms with E-state index in [0.29, 0.717) is 12.8 Å². The Labute approximate surface area is 464 Å². The highest BCUT2D eigenvalue weighted by atomic mass is 16.4. The summed E-state index contributed by atoms with van der Waals surface area (Å²) in [5.41, 5.74) is 6.18. The van der Waals surface area contributed by atoms with Crippen LogP contribution < -0.4 is 27.0 Å². The van der Waals surface area contributed by atoms with Crippen LogP contribution in [0.4, 0.5) is 0 Å². The standard InChI is InChI=1S/C55H100N10O13/c1-21-22-23-34(12)46(69)45(50(73)60-43(37(15)66)54(77)61(16)28-42(67)68)65(20)55(78)44(33(10)11)64(19)53(76)39(25-30(4)5)59-49(72)41(27-32(8)9)62(17)51(74)36(14)58-47(70)35(13)57-48(71)40(26-31(6)7)63(18)52(75)38(56)24-29(2)3/h21-22,29-41,43-46,66,69H,23-28,56H2,1-20H3,(H,57,71)(H,58,70)(H,59,72)(H,60,73)(H,67,68)/t34-,35+,36-,37-,38+,39+,40+,41+,43+,44+,45+,46-/m1/s1. The van der Waals surface area contributed by atoms with Crippen LogP contribution in [0.3, 0.4) is 0 Å². The monoisotopic (exact) mass is 1110 g/mol. The number of carboxylic acid groups (broad SMARTS) is 1. The maximum absolute atomic E-state index is 14.8. The van der Waals surface area contributed by atoms with Gasteiger partial charge in [-0.25, -0.2) is 0 Å². The molecule has 0 radical (unpaired) electrons. The molecule has 12 atom stereocenters. The van der Waals surface area contributed by atoms with E-state index in [1.165, 1.54) is 65.8 Å². The molecule has 0 aromatic carbocycles. The van der Waals surface area contributed by atoms with Gasteiger partial charge in [-0.2, -0.15) is 0 Å². The molecular weight excluding hydrogens is 1010 g/mol. The van der Waals surface area contributed by atoms with Gasteiger partial charge in [0, 0.05) is 35.2 Å². The number of rotatable bonds is 33. The zero-order valence-electron chi connectivity index (χ0n) is 50.4. The van der Waals surface area contributed by atoms with Gasteiger partial charge in [0.2, 0.25) is 53.2 Å². The van der Waals surface area contributed by atoms with Gasteiger partial charge in [0.15, 0.2) is 0 Å². The first kappa shape index (κ1) is 72.3. The molecule has 78 heavy (non-hydrogen) atoms. The molecule has 9 N–H and O–H groups in total. The van der Waals surface area contributed by atoms with Gasteiger partial charge in [-0.15, -0.1) is 0 Å². The molecule has 0 aromatic rings. The number of aliphatic hydroxyl groups excluding tert-OH is 2. The van der Waals surface area contributed by atoms with Crippen LogP contribution in [0.1, 0.15) is 136 Å². The molecule has 0 fully saturated rings.